The van der Waals surface area contributed by atoms with E-state index in [0.29, 0.717) is 6.42 Å². The SMILES string of the molecule is CC(NCCCC(N)=O)c1ccc(Br)cc1Br. The van der Waals surface area contributed by atoms with E-state index in [2.05, 4.69) is 50.2 Å². The maximum atomic E-state index is 10.6. The second-order valence-electron chi connectivity index (χ2n) is 3.91. The van der Waals surface area contributed by atoms with Crippen LogP contribution in [0.15, 0.2) is 27.1 Å². The number of carbonyl (C=O) groups excluding carboxylic acids is 1. The fraction of sp³-hybridized carbons (Fsp3) is 0.417. The number of halogens is 2. The van der Waals surface area contributed by atoms with Crippen LogP contribution in [0.3, 0.4) is 0 Å². The minimum atomic E-state index is -0.246. The van der Waals surface area contributed by atoms with Crippen molar-refractivity contribution in [1.29, 1.82) is 0 Å². The first-order valence-electron chi connectivity index (χ1n) is 5.47. The van der Waals surface area contributed by atoms with Gasteiger partial charge in [0.2, 0.25) is 5.91 Å². The van der Waals surface area contributed by atoms with E-state index in [1.165, 1.54) is 5.56 Å². The van der Waals surface area contributed by atoms with Crippen molar-refractivity contribution in [1.82, 2.24) is 5.32 Å². The van der Waals surface area contributed by atoms with Crippen LogP contribution in [0, 0.1) is 0 Å². The van der Waals surface area contributed by atoms with Crippen LogP contribution in [0.2, 0.25) is 0 Å². The molecular weight excluding hydrogens is 348 g/mol. The van der Waals surface area contributed by atoms with Crippen LogP contribution >= 0.6 is 31.9 Å². The fourth-order valence-electron chi connectivity index (χ4n) is 1.54. The maximum absolute atomic E-state index is 10.6. The smallest absolute Gasteiger partial charge is 0.217 e. The molecule has 1 atom stereocenters. The molecule has 1 aromatic rings. The van der Waals surface area contributed by atoms with Gasteiger partial charge in [0.25, 0.3) is 0 Å². The molecule has 1 unspecified atom stereocenters. The molecule has 0 aliphatic carbocycles. The summed E-state index contributed by atoms with van der Waals surface area (Å²) in [6.45, 7) is 2.88. The normalized spacial score (nSPS) is 12.4. The van der Waals surface area contributed by atoms with Gasteiger partial charge in [-0.15, -0.1) is 0 Å². The molecule has 1 amide bonds. The van der Waals surface area contributed by atoms with Crippen molar-refractivity contribution in [3.8, 4) is 0 Å². The molecule has 0 aliphatic heterocycles. The van der Waals surface area contributed by atoms with Gasteiger partial charge in [-0.3, -0.25) is 4.79 Å². The summed E-state index contributed by atoms with van der Waals surface area (Å²) in [6, 6.07) is 6.35. The lowest BCUT2D eigenvalue weighted by Crippen LogP contribution is -2.22. The van der Waals surface area contributed by atoms with Crippen molar-refractivity contribution in [2.75, 3.05) is 6.54 Å². The fourth-order valence-corrected chi connectivity index (χ4v) is 2.93. The summed E-state index contributed by atoms with van der Waals surface area (Å²) in [4.78, 5) is 10.6. The third-order valence-corrected chi connectivity index (χ3v) is 3.66. The highest BCUT2D eigenvalue weighted by Gasteiger charge is 2.08. The van der Waals surface area contributed by atoms with Crippen molar-refractivity contribution < 1.29 is 4.79 Å². The predicted octanol–water partition coefficient (Wildman–Crippen LogP) is 3.13. The van der Waals surface area contributed by atoms with Gasteiger partial charge in [-0.2, -0.15) is 0 Å². The minimum absolute atomic E-state index is 0.241. The first kappa shape index (κ1) is 14.7. The van der Waals surface area contributed by atoms with E-state index >= 15 is 0 Å². The number of hydrogen-bond donors (Lipinski definition) is 2. The number of benzene rings is 1. The number of rotatable bonds is 6. The van der Waals surface area contributed by atoms with Gasteiger partial charge < -0.3 is 11.1 Å². The minimum Gasteiger partial charge on any atom is -0.370 e. The van der Waals surface area contributed by atoms with Crippen LogP contribution in [0.25, 0.3) is 0 Å². The molecule has 0 saturated heterocycles. The van der Waals surface area contributed by atoms with E-state index in [1.807, 2.05) is 12.1 Å². The molecule has 1 aromatic carbocycles. The molecule has 0 saturated carbocycles. The van der Waals surface area contributed by atoms with Gasteiger partial charge in [0.1, 0.15) is 0 Å². The molecule has 94 valence electrons. The summed E-state index contributed by atoms with van der Waals surface area (Å²) in [5, 5.41) is 3.36. The Kier molecular flexibility index (Phi) is 6.16. The Morgan fingerprint density at radius 2 is 2.18 bits per heavy atom. The largest absolute Gasteiger partial charge is 0.370 e. The summed E-state index contributed by atoms with van der Waals surface area (Å²) in [5.41, 5.74) is 6.28. The highest BCUT2D eigenvalue weighted by atomic mass is 79.9. The van der Waals surface area contributed by atoms with Crippen molar-refractivity contribution in [3.05, 3.63) is 32.7 Å². The Labute approximate surface area is 118 Å². The highest BCUT2D eigenvalue weighted by Crippen LogP contribution is 2.26. The van der Waals surface area contributed by atoms with Crippen LogP contribution in [-0.4, -0.2) is 12.5 Å². The lowest BCUT2D eigenvalue weighted by Gasteiger charge is -2.15. The standard InChI is InChI=1S/C12H16Br2N2O/c1-8(16-6-2-3-12(15)17)10-5-4-9(13)7-11(10)14/h4-5,7-8,16H,2-3,6H2,1H3,(H2,15,17). The van der Waals surface area contributed by atoms with Crippen LogP contribution in [-0.2, 0) is 4.79 Å². The lowest BCUT2D eigenvalue weighted by molar-refractivity contribution is -0.118. The molecule has 0 fully saturated rings. The average Bonchev–Trinajstić information content (AvgIpc) is 2.23. The molecule has 1 rings (SSSR count). The molecular formula is C12H16Br2N2O. The summed E-state index contributed by atoms with van der Waals surface area (Å²) < 4.78 is 2.12. The highest BCUT2D eigenvalue weighted by molar-refractivity contribution is 9.11. The molecule has 0 spiro atoms. The zero-order chi connectivity index (χ0) is 12.8. The van der Waals surface area contributed by atoms with Gasteiger partial charge in [-0.1, -0.05) is 37.9 Å². The van der Waals surface area contributed by atoms with Crippen LogP contribution < -0.4 is 11.1 Å². The van der Waals surface area contributed by atoms with E-state index in [1.54, 1.807) is 0 Å². The number of amides is 1. The molecule has 17 heavy (non-hydrogen) atoms. The van der Waals surface area contributed by atoms with Gasteiger partial charge in [0, 0.05) is 21.4 Å². The quantitative estimate of drug-likeness (QED) is 0.763. The zero-order valence-electron chi connectivity index (χ0n) is 9.67. The van der Waals surface area contributed by atoms with E-state index in [-0.39, 0.29) is 11.9 Å². The summed E-state index contributed by atoms with van der Waals surface area (Å²) in [7, 11) is 0. The van der Waals surface area contributed by atoms with Crippen LogP contribution in [0.5, 0.6) is 0 Å². The predicted molar refractivity (Wildman–Crippen MR) is 76.7 cm³/mol. The molecule has 3 nitrogen and oxygen atoms in total. The molecule has 0 bridgehead atoms. The second-order valence-corrected chi connectivity index (χ2v) is 5.68. The topological polar surface area (TPSA) is 55.1 Å². The van der Waals surface area contributed by atoms with Gasteiger partial charge >= 0.3 is 0 Å². The number of nitrogens with two attached hydrogens (primary N) is 1. The number of hydrogen-bond acceptors (Lipinski definition) is 2. The summed E-state index contributed by atoms with van der Waals surface area (Å²) >= 11 is 6.96. The van der Waals surface area contributed by atoms with Gasteiger partial charge in [0.15, 0.2) is 0 Å². The third-order valence-electron chi connectivity index (χ3n) is 2.48. The average molecular weight is 364 g/mol. The monoisotopic (exact) mass is 362 g/mol. The molecule has 0 aromatic heterocycles. The number of carbonyl (C=O) groups is 1. The van der Waals surface area contributed by atoms with Crippen LogP contribution in [0.1, 0.15) is 31.4 Å². The van der Waals surface area contributed by atoms with E-state index < -0.39 is 0 Å². The van der Waals surface area contributed by atoms with Gasteiger partial charge in [-0.25, -0.2) is 0 Å². The Morgan fingerprint density at radius 1 is 1.47 bits per heavy atom. The molecule has 0 aliphatic rings. The second kappa shape index (κ2) is 7.13. The molecule has 0 heterocycles. The zero-order valence-corrected chi connectivity index (χ0v) is 12.8. The Balaban J connectivity index is 2.46. The number of nitrogens with one attached hydrogen (secondary N) is 1. The van der Waals surface area contributed by atoms with Crippen molar-refractivity contribution >= 4 is 37.8 Å². The van der Waals surface area contributed by atoms with Crippen LogP contribution in [0.4, 0.5) is 0 Å². The molecule has 3 N–H and O–H groups in total. The summed E-state index contributed by atoms with van der Waals surface area (Å²) in [6.07, 6.45) is 1.20. The Morgan fingerprint density at radius 3 is 2.76 bits per heavy atom. The van der Waals surface area contributed by atoms with Crippen molar-refractivity contribution in [2.24, 2.45) is 5.73 Å². The van der Waals surface area contributed by atoms with E-state index in [9.17, 15) is 4.79 Å². The Bertz CT molecular complexity index is 396. The Hall–Kier alpha value is -0.390. The molecule has 0 radical (unpaired) electrons. The summed E-state index contributed by atoms with van der Waals surface area (Å²) in [5.74, 6) is -0.246. The van der Waals surface area contributed by atoms with E-state index in [0.717, 1.165) is 21.9 Å². The lowest BCUT2D eigenvalue weighted by atomic mass is 10.1. The van der Waals surface area contributed by atoms with Crippen molar-refractivity contribution in [3.63, 3.8) is 0 Å². The van der Waals surface area contributed by atoms with E-state index in [4.69, 9.17) is 5.73 Å². The van der Waals surface area contributed by atoms with Crippen molar-refractivity contribution in [2.45, 2.75) is 25.8 Å². The first-order chi connectivity index (χ1) is 8.00. The maximum Gasteiger partial charge on any atom is 0.217 e. The molecule has 5 heteroatoms. The van der Waals surface area contributed by atoms with Gasteiger partial charge in [0.05, 0.1) is 0 Å². The number of primary amides is 1. The first-order valence-corrected chi connectivity index (χ1v) is 7.06. The van der Waals surface area contributed by atoms with Gasteiger partial charge in [-0.05, 0) is 37.6 Å². The third kappa shape index (κ3) is 5.19.